The van der Waals surface area contributed by atoms with Crippen LogP contribution in [0.15, 0.2) is 0 Å². The van der Waals surface area contributed by atoms with Gasteiger partial charge in [-0.1, -0.05) is 38.5 Å². The standard InChI is InChI=1S/C11H18O/c1-9(2)11(12)8-7-10-5-3-4-6-10/h9-12H,3-6H2,1-2H3. The van der Waals surface area contributed by atoms with Gasteiger partial charge in [0.05, 0.1) is 0 Å². The van der Waals surface area contributed by atoms with E-state index in [4.69, 9.17) is 0 Å². The Morgan fingerprint density at radius 2 is 1.83 bits per heavy atom. The average Bonchev–Trinajstić information content (AvgIpc) is 2.51. The summed E-state index contributed by atoms with van der Waals surface area (Å²) in [4.78, 5) is 0. The summed E-state index contributed by atoms with van der Waals surface area (Å²) in [7, 11) is 0. The second-order valence-electron chi connectivity index (χ2n) is 3.96. The van der Waals surface area contributed by atoms with Crippen LogP contribution in [0.1, 0.15) is 39.5 Å². The zero-order valence-electron chi connectivity index (χ0n) is 8.01. The SMILES string of the molecule is CC(C)C(O)C#CC1CCCC1. The average molecular weight is 166 g/mol. The first-order valence-electron chi connectivity index (χ1n) is 4.89. The Balaban J connectivity index is 2.35. The summed E-state index contributed by atoms with van der Waals surface area (Å²) in [6.07, 6.45) is 4.68. The summed E-state index contributed by atoms with van der Waals surface area (Å²) >= 11 is 0. The van der Waals surface area contributed by atoms with E-state index in [0.29, 0.717) is 5.92 Å². The molecule has 0 spiro atoms. The quantitative estimate of drug-likeness (QED) is 0.592. The highest BCUT2D eigenvalue weighted by atomic mass is 16.3. The van der Waals surface area contributed by atoms with Gasteiger partial charge in [0.25, 0.3) is 0 Å². The van der Waals surface area contributed by atoms with Crippen molar-refractivity contribution in [2.75, 3.05) is 0 Å². The third-order valence-corrected chi connectivity index (χ3v) is 2.42. The van der Waals surface area contributed by atoms with Crippen molar-refractivity contribution in [2.45, 2.75) is 45.6 Å². The lowest BCUT2D eigenvalue weighted by Crippen LogP contribution is -2.11. The number of hydrogen-bond donors (Lipinski definition) is 1. The lowest BCUT2D eigenvalue weighted by Gasteiger charge is -2.06. The summed E-state index contributed by atoms with van der Waals surface area (Å²) in [5, 5.41) is 9.41. The minimum Gasteiger partial charge on any atom is -0.380 e. The topological polar surface area (TPSA) is 20.2 Å². The van der Waals surface area contributed by atoms with Gasteiger partial charge in [-0.3, -0.25) is 0 Å². The van der Waals surface area contributed by atoms with Gasteiger partial charge in [0, 0.05) is 5.92 Å². The minimum atomic E-state index is -0.425. The molecule has 68 valence electrons. The van der Waals surface area contributed by atoms with E-state index in [1.54, 1.807) is 0 Å². The summed E-state index contributed by atoms with van der Waals surface area (Å²) in [6.45, 7) is 3.99. The molecule has 1 unspecified atom stereocenters. The van der Waals surface area contributed by atoms with Crippen molar-refractivity contribution in [3.8, 4) is 11.8 Å². The van der Waals surface area contributed by atoms with Gasteiger partial charge in [-0.25, -0.2) is 0 Å². The highest BCUT2D eigenvalue weighted by Gasteiger charge is 2.12. The van der Waals surface area contributed by atoms with Crippen LogP contribution < -0.4 is 0 Å². The maximum absolute atomic E-state index is 9.41. The second-order valence-corrected chi connectivity index (χ2v) is 3.96. The van der Waals surface area contributed by atoms with Crippen molar-refractivity contribution in [3.63, 3.8) is 0 Å². The third kappa shape index (κ3) is 2.87. The summed E-state index contributed by atoms with van der Waals surface area (Å²) in [6, 6.07) is 0. The van der Waals surface area contributed by atoms with Crippen LogP contribution >= 0.6 is 0 Å². The predicted molar refractivity (Wildman–Crippen MR) is 50.6 cm³/mol. The van der Waals surface area contributed by atoms with E-state index in [-0.39, 0.29) is 5.92 Å². The maximum atomic E-state index is 9.41. The molecule has 1 rings (SSSR count). The fourth-order valence-electron chi connectivity index (χ4n) is 1.44. The minimum absolute atomic E-state index is 0.263. The molecule has 1 nitrogen and oxygen atoms in total. The Morgan fingerprint density at radius 1 is 1.25 bits per heavy atom. The molecule has 0 radical (unpaired) electrons. The Hall–Kier alpha value is -0.480. The molecule has 1 aliphatic rings. The van der Waals surface area contributed by atoms with E-state index < -0.39 is 6.10 Å². The Kier molecular flexibility index (Phi) is 3.62. The first-order valence-corrected chi connectivity index (χ1v) is 4.89. The van der Waals surface area contributed by atoms with Gasteiger partial charge in [0.15, 0.2) is 0 Å². The predicted octanol–water partition coefficient (Wildman–Crippen LogP) is 2.20. The maximum Gasteiger partial charge on any atom is 0.117 e. The van der Waals surface area contributed by atoms with Gasteiger partial charge >= 0.3 is 0 Å². The summed E-state index contributed by atoms with van der Waals surface area (Å²) < 4.78 is 0. The highest BCUT2D eigenvalue weighted by molar-refractivity contribution is 5.09. The van der Waals surface area contributed by atoms with Crippen molar-refractivity contribution >= 4 is 0 Å². The molecule has 1 heteroatoms. The van der Waals surface area contributed by atoms with Crippen LogP contribution in [0.4, 0.5) is 0 Å². The third-order valence-electron chi connectivity index (χ3n) is 2.42. The van der Waals surface area contributed by atoms with E-state index in [9.17, 15) is 5.11 Å². The molecule has 0 aromatic rings. The molecule has 0 amide bonds. The van der Waals surface area contributed by atoms with Crippen molar-refractivity contribution < 1.29 is 5.11 Å². The lowest BCUT2D eigenvalue weighted by atomic mass is 10.1. The Morgan fingerprint density at radius 3 is 2.33 bits per heavy atom. The molecule has 0 aromatic heterocycles. The van der Waals surface area contributed by atoms with Gasteiger partial charge in [-0.05, 0) is 18.8 Å². The number of rotatable bonds is 1. The smallest absolute Gasteiger partial charge is 0.117 e. The van der Waals surface area contributed by atoms with Gasteiger partial charge in [-0.2, -0.15) is 0 Å². The monoisotopic (exact) mass is 166 g/mol. The molecule has 0 heterocycles. The molecular formula is C11H18O. The molecule has 1 N–H and O–H groups in total. The molecule has 12 heavy (non-hydrogen) atoms. The molecule has 0 aliphatic heterocycles. The second kappa shape index (κ2) is 4.52. The van der Waals surface area contributed by atoms with Gasteiger partial charge in [-0.15, -0.1) is 0 Å². The van der Waals surface area contributed by atoms with E-state index in [0.717, 1.165) is 0 Å². The molecular weight excluding hydrogens is 148 g/mol. The van der Waals surface area contributed by atoms with Crippen molar-refractivity contribution in [2.24, 2.45) is 11.8 Å². The van der Waals surface area contributed by atoms with Crippen molar-refractivity contribution in [1.82, 2.24) is 0 Å². The van der Waals surface area contributed by atoms with Crippen LogP contribution in [0, 0.1) is 23.7 Å². The number of aliphatic hydroxyl groups is 1. The number of hydrogen-bond acceptors (Lipinski definition) is 1. The van der Waals surface area contributed by atoms with Gasteiger partial charge < -0.3 is 5.11 Å². The first kappa shape index (κ1) is 9.61. The van der Waals surface area contributed by atoms with Crippen molar-refractivity contribution in [3.05, 3.63) is 0 Å². The van der Waals surface area contributed by atoms with Crippen LogP contribution in [0.2, 0.25) is 0 Å². The molecule has 1 saturated carbocycles. The first-order chi connectivity index (χ1) is 5.70. The molecule has 1 fully saturated rings. The molecule has 0 aromatic carbocycles. The normalized spacial score (nSPS) is 20.7. The van der Waals surface area contributed by atoms with Crippen LogP contribution in [-0.4, -0.2) is 11.2 Å². The van der Waals surface area contributed by atoms with Gasteiger partial charge in [0.1, 0.15) is 6.10 Å². The molecule has 0 bridgehead atoms. The number of aliphatic hydroxyl groups excluding tert-OH is 1. The van der Waals surface area contributed by atoms with Crippen LogP contribution in [-0.2, 0) is 0 Å². The van der Waals surface area contributed by atoms with E-state index in [2.05, 4.69) is 11.8 Å². The van der Waals surface area contributed by atoms with E-state index >= 15 is 0 Å². The largest absolute Gasteiger partial charge is 0.380 e. The zero-order valence-corrected chi connectivity index (χ0v) is 8.01. The van der Waals surface area contributed by atoms with Crippen LogP contribution in [0.3, 0.4) is 0 Å². The Bertz CT molecular complexity index is 173. The fraction of sp³-hybridized carbons (Fsp3) is 0.818. The molecule has 1 atom stereocenters. The van der Waals surface area contributed by atoms with Crippen LogP contribution in [0.5, 0.6) is 0 Å². The van der Waals surface area contributed by atoms with Gasteiger partial charge in [0.2, 0.25) is 0 Å². The van der Waals surface area contributed by atoms with E-state index in [1.165, 1.54) is 25.7 Å². The molecule has 1 aliphatic carbocycles. The Labute approximate surface area is 75.2 Å². The summed E-state index contributed by atoms with van der Waals surface area (Å²) in [5.74, 6) is 6.92. The fourth-order valence-corrected chi connectivity index (χ4v) is 1.44. The lowest BCUT2D eigenvalue weighted by molar-refractivity contribution is 0.181. The van der Waals surface area contributed by atoms with E-state index in [1.807, 2.05) is 13.8 Å². The highest BCUT2D eigenvalue weighted by Crippen LogP contribution is 2.23. The zero-order chi connectivity index (χ0) is 8.97. The summed E-state index contributed by atoms with van der Waals surface area (Å²) in [5.41, 5.74) is 0. The van der Waals surface area contributed by atoms with Crippen molar-refractivity contribution in [1.29, 1.82) is 0 Å². The van der Waals surface area contributed by atoms with Crippen LogP contribution in [0.25, 0.3) is 0 Å². The molecule has 0 saturated heterocycles.